The molecule has 4 N–H and O–H groups in total. The summed E-state index contributed by atoms with van der Waals surface area (Å²) in [7, 11) is -3.89. The number of carbonyl (C=O) groups is 3. The summed E-state index contributed by atoms with van der Waals surface area (Å²) in [5.74, 6) is -1.37. The topological polar surface area (TPSA) is 143 Å². The molecular formula is C23H28N4O6S. The van der Waals surface area contributed by atoms with E-state index in [1.165, 1.54) is 18.2 Å². The summed E-state index contributed by atoms with van der Waals surface area (Å²) >= 11 is 0. The van der Waals surface area contributed by atoms with Crippen molar-refractivity contribution in [2.24, 2.45) is 0 Å². The van der Waals surface area contributed by atoms with Gasteiger partial charge in [0.2, 0.25) is 21.8 Å². The Hall–Kier alpha value is -3.44. The van der Waals surface area contributed by atoms with Crippen LogP contribution in [0, 0.1) is 0 Å². The minimum absolute atomic E-state index is 0.00690. The van der Waals surface area contributed by atoms with E-state index >= 15 is 0 Å². The minimum Gasteiger partial charge on any atom is -0.444 e. The first-order valence-electron chi connectivity index (χ1n) is 10.7. The van der Waals surface area contributed by atoms with E-state index in [0.717, 1.165) is 0 Å². The van der Waals surface area contributed by atoms with Crippen molar-refractivity contribution >= 4 is 39.3 Å². The van der Waals surface area contributed by atoms with Crippen LogP contribution in [0.25, 0.3) is 0 Å². The number of sulfonamides is 1. The van der Waals surface area contributed by atoms with Gasteiger partial charge in [0.05, 0.1) is 10.8 Å². The highest BCUT2D eigenvalue weighted by molar-refractivity contribution is 7.89. The molecule has 0 saturated carbocycles. The SMILES string of the molecule is CC(C)(C)OC(=O)NCCNS(=O)(=O)c1cccc(NC(=O)C2CC(=O)Nc3ccccc32)c1. The Morgan fingerprint density at radius 1 is 1.09 bits per heavy atom. The Kier molecular flexibility index (Phi) is 7.57. The lowest BCUT2D eigenvalue weighted by atomic mass is 9.90. The number of hydrogen-bond donors (Lipinski definition) is 4. The average Bonchev–Trinajstić information content (AvgIpc) is 2.75. The zero-order chi connectivity index (χ0) is 24.9. The lowest BCUT2D eigenvalue weighted by molar-refractivity contribution is -0.123. The van der Waals surface area contributed by atoms with Crippen LogP contribution in [-0.4, -0.2) is 45.0 Å². The Morgan fingerprint density at radius 2 is 1.82 bits per heavy atom. The summed E-state index contributed by atoms with van der Waals surface area (Å²) < 4.78 is 32.7. The molecule has 10 nitrogen and oxygen atoms in total. The fraction of sp³-hybridized carbons (Fsp3) is 0.348. The van der Waals surface area contributed by atoms with Crippen LogP contribution in [0.3, 0.4) is 0 Å². The first-order valence-corrected chi connectivity index (χ1v) is 12.2. The van der Waals surface area contributed by atoms with Gasteiger partial charge in [-0.2, -0.15) is 0 Å². The van der Waals surface area contributed by atoms with Gasteiger partial charge in [0.15, 0.2) is 0 Å². The molecule has 2 aromatic rings. The van der Waals surface area contributed by atoms with Crippen molar-refractivity contribution in [1.82, 2.24) is 10.0 Å². The maximum Gasteiger partial charge on any atom is 0.407 e. The van der Waals surface area contributed by atoms with Crippen molar-refractivity contribution < 1.29 is 27.5 Å². The van der Waals surface area contributed by atoms with E-state index in [1.807, 2.05) is 0 Å². The molecule has 0 radical (unpaired) electrons. The van der Waals surface area contributed by atoms with E-state index < -0.39 is 33.5 Å². The third-order valence-corrected chi connectivity index (χ3v) is 6.27. The molecule has 2 aromatic carbocycles. The first kappa shape index (κ1) is 25.2. The third kappa shape index (κ3) is 6.78. The van der Waals surface area contributed by atoms with Gasteiger partial charge in [0.1, 0.15) is 5.60 Å². The number of para-hydroxylation sites is 1. The van der Waals surface area contributed by atoms with Crippen LogP contribution in [0.1, 0.15) is 38.7 Å². The average molecular weight is 489 g/mol. The summed E-state index contributed by atoms with van der Waals surface area (Å²) in [4.78, 5) is 36.5. The molecule has 0 fully saturated rings. The molecule has 1 aliphatic rings. The lowest BCUT2D eigenvalue weighted by Gasteiger charge is -2.24. The zero-order valence-corrected chi connectivity index (χ0v) is 20.0. The molecule has 0 saturated heterocycles. The molecule has 1 heterocycles. The van der Waals surface area contributed by atoms with E-state index in [1.54, 1.807) is 51.1 Å². The molecule has 3 rings (SSSR count). The molecule has 0 aromatic heterocycles. The van der Waals surface area contributed by atoms with Crippen LogP contribution in [0.2, 0.25) is 0 Å². The molecule has 0 bridgehead atoms. The predicted octanol–water partition coefficient (Wildman–Crippen LogP) is 2.55. The summed E-state index contributed by atoms with van der Waals surface area (Å²) in [6, 6.07) is 12.8. The number of hydrogen-bond acceptors (Lipinski definition) is 6. The van der Waals surface area contributed by atoms with Gasteiger partial charge >= 0.3 is 6.09 Å². The van der Waals surface area contributed by atoms with E-state index in [0.29, 0.717) is 11.3 Å². The standard InChI is InChI=1S/C23H28N4O6S/c1-23(2,3)33-22(30)24-11-12-25-34(31,32)16-8-6-7-15(13-16)26-21(29)18-14-20(28)27-19-10-5-4-9-17(18)19/h4-10,13,18,25H,11-12,14H2,1-3H3,(H,24,30)(H,26,29)(H,27,28). The van der Waals surface area contributed by atoms with E-state index in [9.17, 15) is 22.8 Å². The van der Waals surface area contributed by atoms with Crippen molar-refractivity contribution in [3.63, 3.8) is 0 Å². The quantitative estimate of drug-likeness (QED) is 0.441. The van der Waals surface area contributed by atoms with Crippen LogP contribution in [0.4, 0.5) is 16.2 Å². The van der Waals surface area contributed by atoms with Gasteiger partial charge < -0.3 is 20.7 Å². The number of alkyl carbamates (subject to hydrolysis) is 1. The molecule has 0 aliphatic carbocycles. The normalized spacial score (nSPS) is 15.6. The van der Waals surface area contributed by atoms with Crippen molar-refractivity contribution in [3.05, 3.63) is 54.1 Å². The van der Waals surface area contributed by atoms with E-state index in [-0.39, 0.29) is 36.0 Å². The molecule has 1 aliphatic heterocycles. The van der Waals surface area contributed by atoms with Gasteiger partial charge in [-0.05, 0) is 50.6 Å². The van der Waals surface area contributed by atoms with Gasteiger partial charge in [0.25, 0.3) is 0 Å². The number of anilines is 2. The first-order chi connectivity index (χ1) is 15.9. The third-order valence-electron chi connectivity index (χ3n) is 4.81. The molecule has 34 heavy (non-hydrogen) atoms. The number of nitrogens with one attached hydrogen (secondary N) is 4. The second-order valence-corrected chi connectivity index (χ2v) is 10.5. The summed E-state index contributed by atoms with van der Waals surface area (Å²) in [6.07, 6.45) is -0.651. The smallest absolute Gasteiger partial charge is 0.407 e. The maximum atomic E-state index is 12.9. The number of amides is 3. The predicted molar refractivity (Wildman–Crippen MR) is 127 cm³/mol. The second kappa shape index (κ2) is 10.2. The van der Waals surface area contributed by atoms with Crippen LogP contribution >= 0.6 is 0 Å². The van der Waals surface area contributed by atoms with Crippen LogP contribution in [0.5, 0.6) is 0 Å². The van der Waals surface area contributed by atoms with Gasteiger partial charge in [-0.25, -0.2) is 17.9 Å². The summed E-state index contributed by atoms with van der Waals surface area (Å²) in [6.45, 7) is 5.16. The highest BCUT2D eigenvalue weighted by atomic mass is 32.2. The fourth-order valence-corrected chi connectivity index (χ4v) is 4.44. The number of rotatable bonds is 7. The van der Waals surface area contributed by atoms with Gasteiger partial charge in [-0.3, -0.25) is 9.59 Å². The number of benzene rings is 2. The largest absolute Gasteiger partial charge is 0.444 e. The summed E-state index contributed by atoms with van der Waals surface area (Å²) in [5.41, 5.74) is 0.906. The van der Waals surface area contributed by atoms with Crippen molar-refractivity contribution in [2.45, 2.75) is 43.6 Å². The Morgan fingerprint density at radius 3 is 2.56 bits per heavy atom. The molecule has 1 atom stereocenters. The number of ether oxygens (including phenoxy) is 1. The van der Waals surface area contributed by atoms with Crippen LogP contribution < -0.4 is 20.7 Å². The highest BCUT2D eigenvalue weighted by Crippen LogP contribution is 2.33. The molecule has 11 heteroatoms. The van der Waals surface area contributed by atoms with Crippen LogP contribution in [0.15, 0.2) is 53.4 Å². The number of fused-ring (bicyclic) bond motifs is 1. The number of carbonyl (C=O) groups excluding carboxylic acids is 3. The highest BCUT2D eigenvalue weighted by Gasteiger charge is 2.30. The maximum absolute atomic E-state index is 12.9. The molecule has 0 spiro atoms. The Balaban J connectivity index is 1.61. The van der Waals surface area contributed by atoms with Crippen molar-refractivity contribution in [1.29, 1.82) is 0 Å². The molecular weight excluding hydrogens is 460 g/mol. The molecule has 1 unspecified atom stereocenters. The van der Waals surface area contributed by atoms with Crippen molar-refractivity contribution in [2.75, 3.05) is 23.7 Å². The van der Waals surface area contributed by atoms with E-state index in [2.05, 4.69) is 20.7 Å². The molecule has 182 valence electrons. The fourth-order valence-electron chi connectivity index (χ4n) is 3.36. The summed E-state index contributed by atoms with van der Waals surface area (Å²) in [5, 5.41) is 7.92. The van der Waals surface area contributed by atoms with E-state index in [4.69, 9.17) is 4.74 Å². The van der Waals surface area contributed by atoms with Gasteiger partial charge in [-0.1, -0.05) is 24.3 Å². The minimum atomic E-state index is -3.89. The second-order valence-electron chi connectivity index (χ2n) is 8.74. The van der Waals surface area contributed by atoms with Gasteiger partial charge in [-0.15, -0.1) is 0 Å². The lowest BCUT2D eigenvalue weighted by Crippen LogP contribution is -2.37. The zero-order valence-electron chi connectivity index (χ0n) is 19.2. The monoisotopic (exact) mass is 488 g/mol. The van der Waals surface area contributed by atoms with Crippen LogP contribution in [-0.2, 0) is 24.3 Å². The Bertz CT molecular complexity index is 1190. The van der Waals surface area contributed by atoms with Crippen molar-refractivity contribution in [3.8, 4) is 0 Å². The molecule has 3 amide bonds. The Labute approximate surface area is 198 Å². The van der Waals surface area contributed by atoms with Gasteiger partial charge in [0, 0.05) is 30.9 Å².